The molecule has 0 amide bonds. The lowest BCUT2D eigenvalue weighted by Crippen LogP contribution is -2.26. The lowest BCUT2D eigenvalue weighted by Gasteiger charge is -2.33. The Hall–Kier alpha value is -9.56. The summed E-state index contributed by atoms with van der Waals surface area (Å²) in [6.07, 6.45) is 0. The first-order chi connectivity index (χ1) is 38.4. The van der Waals surface area contributed by atoms with Crippen LogP contribution in [-0.4, -0.2) is 0 Å². The number of benzene rings is 12. The van der Waals surface area contributed by atoms with Crippen LogP contribution in [0.15, 0.2) is 273 Å². The summed E-state index contributed by atoms with van der Waals surface area (Å²) in [5.74, 6) is 0. The third-order valence-electron chi connectivity index (χ3n) is 18.7. The fourth-order valence-corrected chi connectivity index (χ4v) is 15.4. The minimum Gasteiger partial charge on any atom is -0.310 e. The maximum atomic E-state index is 2.56. The molecule has 364 valence electrons. The summed E-state index contributed by atoms with van der Waals surface area (Å²) in [5.41, 5.74) is 33.7. The van der Waals surface area contributed by atoms with E-state index in [2.05, 4.69) is 292 Å². The Kier molecular flexibility index (Phi) is 8.82. The second-order valence-corrected chi connectivity index (χ2v) is 22.6. The van der Waals surface area contributed by atoms with Crippen molar-refractivity contribution in [3.05, 3.63) is 329 Å². The monoisotopic (exact) mass is 989 g/mol. The van der Waals surface area contributed by atoms with Crippen LogP contribution in [-0.2, 0) is 16.2 Å². The van der Waals surface area contributed by atoms with E-state index in [1.54, 1.807) is 0 Å². The maximum Gasteiger partial charge on any atom is 0.0726 e. The quantitative estimate of drug-likeness (QED) is 0.166. The van der Waals surface area contributed by atoms with Gasteiger partial charge in [-0.25, -0.2) is 0 Å². The molecule has 2 spiro atoms. The summed E-state index contributed by atoms with van der Waals surface area (Å²) in [6.45, 7) is 4.76. The van der Waals surface area contributed by atoms with Gasteiger partial charge < -0.3 is 4.90 Å². The smallest absolute Gasteiger partial charge is 0.0726 e. The van der Waals surface area contributed by atoms with Crippen molar-refractivity contribution < 1.29 is 0 Å². The molecule has 5 aliphatic rings. The van der Waals surface area contributed by atoms with Crippen molar-refractivity contribution in [2.75, 3.05) is 4.90 Å². The number of anilines is 3. The van der Waals surface area contributed by atoms with Gasteiger partial charge in [-0.15, -0.1) is 0 Å². The van der Waals surface area contributed by atoms with Crippen molar-refractivity contribution in [3.63, 3.8) is 0 Å². The van der Waals surface area contributed by atoms with Crippen molar-refractivity contribution in [1.82, 2.24) is 0 Å². The van der Waals surface area contributed by atoms with Gasteiger partial charge in [-0.1, -0.05) is 238 Å². The zero-order valence-electron chi connectivity index (χ0n) is 43.4. The Labute approximate surface area is 456 Å². The molecule has 12 aromatic rings. The Morgan fingerprint density at radius 2 is 0.487 bits per heavy atom. The van der Waals surface area contributed by atoms with Gasteiger partial charge in [0.05, 0.1) is 10.8 Å². The molecule has 0 saturated heterocycles. The van der Waals surface area contributed by atoms with Crippen molar-refractivity contribution in [3.8, 4) is 77.9 Å². The van der Waals surface area contributed by atoms with E-state index in [-0.39, 0.29) is 5.41 Å². The molecule has 12 aromatic carbocycles. The van der Waals surface area contributed by atoms with E-state index < -0.39 is 10.8 Å². The summed E-state index contributed by atoms with van der Waals surface area (Å²) in [4.78, 5) is 2.50. The van der Waals surface area contributed by atoms with Crippen LogP contribution in [0.5, 0.6) is 0 Å². The SMILES string of the molecule is CC1(C)c2ccccc2-c2ccc(N(c3ccc(-c4ccccc4)cc3)c3ccc4c(c3)C3(c5ccccc5-c5ccc(-c6ccc7c(c6)C6(c8ccccc8-c8ccccc86)c6ccccc6-7)cc53)c3ccccc3-4)cc21. The molecule has 0 radical (unpaired) electrons. The average molecular weight is 990 g/mol. The van der Waals surface area contributed by atoms with E-state index in [0.29, 0.717) is 0 Å². The van der Waals surface area contributed by atoms with Gasteiger partial charge in [0.25, 0.3) is 0 Å². The second-order valence-electron chi connectivity index (χ2n) is 22.6. The Bertz CT molecular complexity index is 4460. The van der Waals surface area contributed by atoms with Gasteiger partial charge in [-0.05, 0) is 182 Å². The molecule has 0 aromatic heterocycles. The van der Waals surface area contributed by atoms with Crippen LogP contribution in [0.1, 0.15) is 69.5 Å². The third kappa shape index (κ3) is 5.55. The van der Waals surface area contributed by atoms with Crippen molar-refractivity contribution in [1.29, 1.82) is 0 Å². The van der Waals surface area contributed by atoms with E-state index in [1.807, 2.05) is 0 Å². The topological polar surface area (TPSA) is 3.24 Å². The number of hydrogen-bond donors (Lipinski definition) is 0. The molecule has 78 heavy (non-hydrogen) atoms. The molecule has 0 fully saturated rings. The van der Waals surface area contributed by atoms with Gasteiger partial charge in [-0.3, -0.25) is 0 Å². The highest BCUT2D eigenvalue weighted by Crippen LogP contribution is 2.66. The van der Waals surface area contributed by atoms with Gasteiger partial charge >= 0.3 is 0 Å². The first-order valence-electron chi connectivity index (χ1n) is 27.6. The normalized spacial score (nSPS) is 16.1. The van der Waals surface area contributed by atoms with E-state index in [0.717, 1.165) is 17.1 Å². The van der Waals surface area contributed by atoms with E-state index in [4.69, 9.17) is 0 Å². The van der Waals surface area contributed by atoms with Gasteiger partial charge in [0.2, 0.25) is 0 Å². The van der Waals surface area contributed by atoms with Crippen molar-refractivity contribution in [2.45, 2.75) is 30.1 Å². The number of hydrogen-bond acceptors (Lipinski definition) is 1. The van der Waals surface area contributed by atoms with Gasteiger partial charge in [0.1, 0.15) is 0 Å². The predicted molar refractivity (Wildman–Crippen MR) is 322 cm³/mol. The standard InChI is InChI=1S/C77H51N/c1-75(2)65-26-12-6-20-55(65)61-42-38-53(46-71(61)75)78(52-36-32-49(33-37-52)48-18-4-3-5-19-48)54-39-43-64-60-25-11-17-31-70(60)77(74(64)47-54)69-30-16-10-24-59(69)63-41-35-51(45-73(63)77)50-34-40-62-58-23-9-15-29-68(58)76(72(62)44-50)66-27-13-7-21-56(66)57-22-8-14-28-67(57)76/h3-47H,1-2H3. The molecule has 5 aliphatic carbocycles. The maximum absolute atomic E-state index is 2.56. The summed E-state index contributed by atoms with van der Waals surface area (Å²) >= 11 is 0. The van der Waals surface area contributed by atoms with Gasteiger partial charge in [-0.2, -0.15) is 0 Å². The van der Waals surface area contributed by atoms with Crippen LogP contribution in [0.25, 0.3) is 77.9 Å². The highest BCUT2D eigenvalue weighted by Gasteiger charge is 2.54. The molecule has 1 atom stereocenters. The van der Waals surface area contributed by atoms with Crippen LogP contribution in [0.3, 0.4) is 0 Å². The van der Waals surface area contributed by atoms with E-state index in [9.17, 15) is 0 Å². The van der Waals surface area contributed by atoms with Crippen LogP contribution < -0.4 is 4.90 Å². The summed E-state index contributed by atoms with van der Waals surface area (Å²) < 4.78 is 0. The molecule has 17 rings (SSSR count). The van der Waals surface area contributed by atoms with E-state index in [1.165, 1.54) is 134 Å². The average Bonchev–Trinajstić information content (AvgIpc) is 3.72. The fourth-order valence-electron chi connectivity index (χ4n) is 15.4. The predicted octanol–water partition coefficient (Wildman–Crippen LogP) is 19.5. The van der Waals surface area contributed by atoms with Crippen LogP contribution >= 0.6 is 0 Å². The van der Waals surface area contributed by atoms with Gasteiger partial charge in [0.15, 0.2) is 0 Å². The van der Waals surface area contributed by atoms with Crippen molar-refractivity contribution >= 4 is 17.1 Å². The summed E-state index contributed by atoms with van der Waals surface area (Å²) in [7, 11) is 0. The molecule has 1 heteroatoms. The lowest BCUT2D eigenvalue weighted by molar-refractivity contribution is 0.660. The Balaban J connectivity index is 0.874. The molecule has 0 bridgehead atoms. The minimum atomic E-state index is -0.578. The molecule has 1 nitrogen and oxygen atoms in total. The number of fused-ring (bicyclic) bond motifs is 23. The first-order valence-corrected chi connectivity index (χ1v) is 27.6. The highest BCUT2D eigenvalue weighted by atomic mass is 15.1. The van der Waals surface area contributed by atoms with Crippen LogP contribution in [0.4, 0.5) is 17.1 Å². The van der Waals surface area contributed by atoms with Crippen molar-refractivity contribution in [2.24, 2.45) is 0 Å². The third-order valence-corrected chi connectivity index (χ3v) is 18.7. The number of rotatable bonds is 5. The summed E-state index contributed by atoms with van der Waals surface area (Å²) in [6, 6.07) is 104. The van der Waals surface area contributed by atoms with Gasteiger partial charge in [0, 0.05) is 22.5 Å². The Morgan fingerprint density at radius 3 is 0.936 bits per heavy atom. The largest absolute Gasteiger partial charge is 0.310 e. The fraction of sp³-hybridized carbons (Fsp3) is 0.0649. The molecular weight excluding hydrogens is 939 g/mol. The Morgan fingerprint density at radius 1 is 0.205 bits per heavy atom. The molecule has 1 unspecified atom stereocenters. The zero-order valence-corrected chi connectivity index (χ0v) is 43.4. The molecule has 0 saturated carbocycles. The second kappa shape index (κ2) is 15.8. The molecule has 0 aliphatic heterocycles. The van der Waals surface area contributed by atoms with Crippen LogP contribution in [0, 0.1) is 0 Å². The molecule has 0 heterocycles. The highest BCUT2D eigenvalue weighted by molar-refractivity contribution is 5.99. The van der Waals surface area contributed by atoms with E-state index >= 15 is 0 Å². The lowest BCUT2D eigenvalue weighted by atomic mass is 9.69. The molecule has 0 N–H and O–H groups in total. The minimum absolute atomic E-state index is 0.154. The zero-order chi connectivity index (χ0) is 51.5. The summed E-state index contributed by atoms with van der Waals surface area (Å²) in [5, 5.41) is 0. The first kappa shape index (κ1) is 43.7. The van der Waals surface area contributed by atoms with Crippen LogP contribution in [0.2, 0.25) is 0 Å². The number of nitrogens with zero attached hydrogens (tertiary/aromatic N) is 1. The molecular formula is C77H51N.